The van der Waals surface area contributed by atoms with Gasteiger partial charge in [-0.3, -0.25) is 4.79 Å². The van der Waals surface area contributed by atoms with Gasteiger partial charge in [-0.2, -0.15) is 0 Å². The molecule has 1 N–H and O–H groups in total. The monoisotopic (exact) mass is 230 g/mol. The van der Waals surface area contributed by atoms with Crippen LogP contribution in [0, 0.1) is 5.41 Å². The quantitative estimate of drug-likeness (QED) is 0.848. The Balaban J connectivity index is 2.16. The fourth-order valence-electron chi connectivity index (χ4n) is 2.31. The van der Waals surface area contributed by atoms with Crippen molar-refractivity contribution in [3.63, 3.8) is 0 Å². The van der Waals surface area contributed by atoms with Crippen molar-refractivity contribution in [2.24, 2.45) is 0 Å². The Kier molecular flexibility index (Phi) is 3.27. The van der Waals surface area contributed by atoms with Gasteiger partial charge in [-0.1, -0.05) is 12.1 Å². The third kappa shape index (κ3) is 2.73. The molecular weight excluding hydrogens is 212 g/mol. The van der Waals surface area contributed by atoms with Gasteiger partial charge in [0.2, 0.25) is 0 Å². The molecular formula is C14H18N2O. The summed E-state index contributed by atoms with van der Waals surface area (Å²) in [5.74, 6) is 0.405. The Hall–Kier alpha value is -1.64. The number of carbonyl (C=O) groups excluding carboxylic acids is 1. The van der Waals surface area contributed by atoms with Crippen LogP contribution in [0.4, 0.5) is 5.69 Å². The maximum Gasteiger partial charge on any atom is 0.139 e. The molecule has 1 aromatic carbocycles. The summed E-state index contributed by atoms with van der Waals surface area (Å²) >= 11 is 0. The van der Waals surface area contributed by atoms with E-state index in [0.29, 0.717) is 18.6 Å². The van der Waals surface area contributed by atoms with Gasteiger partial charge in [0.25, 0.3) is 0 Å². The standard InChI is InChI=1S/C14H18N2O/c1-16(2)13-5-3-10(4-6-13)11-7-12(15)9-14(17)8-11/h3-6,11,15H,7-9H2,1-2H3. The number of hydrogen-bond donors (Lipinski definition) is 1. The molecule has 0 heterocycles. The van der Waals surface area contributed by atoms with Gasteiger partial charge in [0.1, 0.15) is 5.78 Å². The van der Waals surface area contributed by atoms with Crippen molar-refractivity contribution in [2.45, 2.75) is 25.2 Å². The average Bonchev–Trinajstić information content (AvgIpc) is 2.28. The second kappa shape index (κ2) is 4.70. The molecule has 1 aliphatic rings. The predicted molar refractivity (Wildman–Crippen MR) is 70.1 cm³/mol. The van der Waals surface area contributed by atoms with Crippen LogP contribution >= 0.6 is 0 Å². The van der Waals surface area contributed by atoms with Crippen LogP contribution in [0.5, 0.6) is 0 Å². The molecule has 0 aliphatic heterocycles. The summed E-state index contributed by atoms with van der Waals surface area (Å²) in [6.07, 6.45) is 1.67. The molecule has 0 aromatic heterocycles. The highest BCUT2D eigenvalue weighted by atomic mass is 16.1. The zero-order chi connectivity index (χ0) is 12.4. The van der Waals surface area contributed by atoms with Crippen molar-refractivity contribution in [1.82, 2.24) is 0 Å². The maximum atomic E-state index is 11.5. The fraction of sp³-hybridized carbons (Fsp3) is 0.429. The molecule has 3 heteroatoms. The number of rotatable bonds is 2. The smallest absolute Gasteiger partial charge is 0.139 e. The van der Waals surface area contributed by atoms with Gasteiger partial charge >= 0.3 is 0 Å². The van der Waals surface area contributed by atoms with Crippen LogP contribution in [0.15, 0.2) is 24.3 Å². The number of Topliss-reactive ketones (excluding diaryl/α,β-unsaturated/α-hetero) is 1. The molecule has 3 nitrogen and oxygen atoms in total. The van der Waals surface area contributed by atoms with Crippen LogP contribution in [-0.4, -0.2) is 25.6 Å². The maximum absolute atomic E-state index is 11.5. The highest BCUT2D eigenvalue weighted by Gasteiger charge is 2.24. The van der Waals surface area contributed by atoms with Crippen molar-refractivity contribution in [2.75, 3.05) is 19.0 Å². The number of anilines is 1. The van der Waals surface area contributed by atoms with Gasteiger partial charge in [-0.15, -0.1) is 0 Å². The first-order chi connectivity index (χ1) is 8.06. The lowest BCUT2D eigenvalue weighted by Crippen LogP contribution is -2.20. The van der Waals surface area contributed by atoms with Crippen LogP contribution in [-0.2, 0) is 4.79 Å². The summed E-state index contributed by atoms with van der Waals surface area (Å²) < 4.78 is 0. The van der Waals surface area contributed by atoms with E-state index in [-0.39, 0.29) is 11.7 Å². The summed E-state index contributed by atoms with van der Waals surface area (Å²) in [7, 11) is 4.02. The molecule has 0 amide bonds. The van der Waals surface area contributed by atoms with Crippen molar-refractivity contribution >= 4 is 17.2 Å². The van der Waals surface area contributed by atoms with E-state index in [2.05, 4.69) is 29.2 Å². The van der Waals surface area contributed by atoms with Crippen LogP contribution in [0.25, 0.3) is 0 Å². The third-order valence-electron chi connectivity index (χ3n) is 3.26. The van der Waals surface area contributed by atoms with E-state index >= 15 is 0 Å². The number of nitrogens with zero attached hydrogens (tertiary/aromatic N) is 1. The number of carbonyl (C=O) groups is 1. The summed E-state index contributed by atoms with van der Waals surface area (Å²) in [5, 5.41) is 7.68. The molecule has 1 atom stereocenters. The zero-order valence-corrected chi connectivity index (χ0v) is 10.4. The highest BCUT2D eigenvalue weighted by molar-refractivity contribution is 6.03. The van der Waals surface area contributed by atoms with Crippen LogP contribution in [0.1, 0.15) is 30.7 Å². The minimum Gasteiger partial charge on any atom is -0.378 e. The van der Waals surface area contributed by atoms with Crippen LogP contribution < -0.4 is 4.90 Å². The number of hydrogen-bond acceptors (Lipinski definition) is 3. The molecule has 1 aliphatic carbocycles. The summed E-state index contributed by atoms with van der Waals surface area (Å²) in [6.45, 7) is 0. The van der Waals surface area contributed by atoms with Crippen LogP contribution in [0.2, 0.25) is 0 Å². The molecule has 0 radical (unpaired) electrons. The van der Waals surface area contributed by atoms with Crippen molar-refractivity contribution in [3.8, 4) is 0 Å². The van der Waals surface area contributed by atoms with Gasteiger partial charge < -0.3 is 10.3 Å². The van der Waals surface area contributed by atoms with E-state index in [1.165, 1.54) is 5.56 Å². The Morgan fingerprint density at radius 3 is 2.35 bits per heavy atom. The minimum absolute atomic E-state index is 0.197. The molecule has 0 spiro atoms. The van der Waals surface area contributed by atoms with Gasteiger partial charge in [-0.25, -0.2) is 0 Å². The SMILES string of the molecule is CN(C)c1ccc(C2CC(=N)CC(=O)C2)cc1. The van der Waals surface area contributed by atoms with E-state index in [4.69, 9.17) is 5.41 Å². The molecule has 0 saturated heterocycles. The van der Waals surface area contributed by atoms with Crippen molar-refractivity contribution in [3.05, 3.63) is 29.8 Å². The van der Waals surface area contributed by atoms with E-state index in [9.17, 15) is 4.79 Å². The molecule has 1 unspecified atom stereocenters. The second-order valence-corrected chi connectivity index (χ2v) is 4.91. The largest absolute Gasteiger partial charge is 0.378 e. The molecule has 1 aromatic rings. The Morgan fingerprint density at radius 2 is 1.82 bits per heavy atom. The first-order valence-corrected chi connectivity index (χ1v) is 5.91. The first kappa shape index (κ1) is 11.8. The summed E-state index contributed by atoms with van der Waals surface area (Å²) in [5.41, 5.74) is 2.90. The summed E-state index contributed by atoms with van der Waals surface area (Å²) in [4.78, 5) is 13.5. The number of benzene rings is 1. The van der Waals surface area contributed by atoms with E-state index < -0.39 is 0 Å². The highest BCUT2D eigenvalue weighted by Crippen LogP contribution is 2.30. The molecule has 2 rings (SSSR count). The van der Waals surface area contributed by atoms with E-state index in [1.54, 1.807) is 0 Å². The van der Waals surface area contributed by atoms with Gasteiger partial charge in [-0.05, 0) is 30.0 Å². The summed E-state index contributed by atoms with van der Waals surface area (Å²) in [6, 6.07) is 8.29. The normalized spacial score (nSPS) is 20.5. The van der Waals surface area contributed by atoms with Gasteiger partial charge in [0.15, 0.2) is 0 Å². The number of ketones is 1. The molecule has 17 heavy (non-hydrogen) atoms. The van der Waals surface area contributed by atoms with E-state index in [1.807, 2.05) is 14.1 Å². The molecule has 0 bridgehead atoms. The van der Waals surface area contributed by atoms with Gasteiger partial charge in [0.05, 0.1) is 0 Å². The first-order valence-electron chi connectivity index (χ1n) is 5.91. The predicted octanol–water partition coefficient (Wildman–Crippen LogP) is 2.61. The minimum atomic E-state index is 0.197. The second-order valence-electron chi connectivity index (χ2n) is 4.91. The fourth-order valence-corrected chi connectivity index (χ4v) is 2.31. The van der Waals surface area contributed by atoms with Crippen molar-refractivity contribution < 1.29 is 4.79 Å². The Labute approximate surface area is 102 Å². The zero-order valence-electron chi connectivity index (χ0n) is 10.4. The number of nitrogens with one attached hydrogen (secondary N) is 1. The lowest BCUT2D eigenvalue weighted by Gasteiger charge is -2.22. The topological polar surface area (TPSA) is 44.2 Å². The molecule has 1 saturated carbocycles. The Bertz CT molecular complexity index is 418. The Morgan fingerprint density at radius 1 is 1.18 bits per heavy atom. The third-order valence-corrected chi connectivity index (χ3v) is 3.26. The molecule has 1 fully saturated rings. The van der Waals surface area contributed by atoms with Gasteiger partial charge in [0, 0.05) is 38.3 Å². The van der Waals surface area contributed by atoms with Crippen molar-refractivity contribution in [1.29, 1.82) is 5.41 Å². The lowest BCUT2D eigenvalue weighted by atomic mass is 9.82. The molecule has 90 valence electrons. The van der Waals surface area contributed by atoms with Crippen LogP contribution in [0.3, 0.4) is 0 Å². The lowest BCUT2D eigenvalue weighted by molar-refractivity contribution is -0.118. The van der Waals surface area contributed by atoms with E-state index in [0.717, 1.165) is 12.1 Å². The average molecular weight is 230 g/mol.